The molecular weight excluding hydrogens is 216 g/mol. The fraction of sp³-hybridized carbons (Fsp3) is 0.444. The molecule has 0 bridgehead atoms. The van der Waals surface area contributed by atoms with Crippen molar-refractivity contribution in [3.63, 3.8) is 0 Å². The van der Waals surface area contributed by atoms with Gasteiger partial charge in [0.1, 0.15) is 0 Å². The third kappa shape index (κ3) is 2.58. The van der Waals surface area contributed by atoms with E-state index in [4.69, 9.17) is 0 Å². The average Bonchev–Trinajstić information content (AvgIpc) is 2.84. The summed E-state index contributed by atoms with van der Waals surface area (Å²) in [5, 5.41) is 0. The molecule has 0 heterocycles. The lowest BCUT2D eigenvalue weighted by Gasteiger charge is -2.18. The number of hydrogen-bond acceptors (Lipinski definition) is 0. The van der Waals surface area contributed by atoms with Crippen LogP contribution < -0.4 is 0 Å². The summed E-state index contributed by atoms with van der Waals surface area (Å²) in [6, 6.07) is 0. The molecule has 0 nitrogen and oxygen atoms in total. The molecule has 0 heteroatoms. The van der Waals surface area contributed by atoms with Crippen molar-refractivity contribution in [2.75, 3.05) is 0 Å². The van der Waals surface area contributed by atoms with E-state index in [0.717, 1.165) is 0 Å². The van der Waals surface area contributed by atoms with Crippen molar-refractivity contribution in [1.82, 2.24) is 0 Å². The van der Waals surface area contributed by atoms with Crippen molar-refractivity contribution in [2.45, 2.75) is 41.5 Å². The highest BCUT2D eigenvalue weighted by Crippen LogP contribution is 2.36. The van der Waals surface area contributed by atoms with Gasteiger partial charge in [0.05, 0.1) is 0 Å². The van der Waals surface area contributed by atoms with Crippen molar-refractivity contribution in [2.24, 2.45) is 10.8 Å². The molecule has 0 aromatic carbocycles. The van der Waals surface area contributed by atoms with Crippen LogP contribution in [0.4, 0.5) is 0 Å². The van der Waals surface area contributed by atoms with E-state index in [1.807, 2.05) is 0 Å². The molecule has 2 aliphatic rings. The number of allylic oxidation sites excluding steroid dienone is 10. The Bertz CT molecular complexity index is 455. The maximum absolute atomic E-state index is 2.32. The Balaban J connectivity index is 2.34. The van der Waals surface area contributed by atoms with Crippen LogP contribution in [0.1, 0.15) is 41.5 Å². The van der Waals surface area contributed by atoms with Crippen molar-refractivity contribution in [3.05, 3.63) is 58.7 Å². The fourth-order valence-electron chi connectivity index (χ4n) is 2.18. The molecule has 2 rings (SSSR count). The highest BCUT2D eigenvalue weighted by Gasteiger charge is 2.21. The average molecular weight is 240 g/mol. The SMILES string of the molecule is CC(C)(C)C1=C/C(=C2\C=CC(C(C)(C)C)=C2)C=C1. The summed E-state index contributed by atoms with van der Waals surface area (Å²) in [5.41, 5.74) is 5.98. The van der Waals surface area contributed by atoms with Crippen LogP contribution in [0.15, 0.2) is 58.7 Å². The second kappa shape index (κ2) is 4.12. The molecule has 0 saturated heterocycles. The zero-order chi connectivity index (χ0) is 13.6. The zero-order valence-corrected chi connectivity index (χ0v) is 12.5. The second-order valence-corrected chi connectivity index (χ2v) is 7.28. The molecule has 0 aliphatic heterocycles. The first kappa shape index (κ1) is 13.1. The lowest BCUT2D eigenvalue weighted by Crippen LogP contribution is -2.06. The topological polar surface area (TPSA) is 0 Å². The number of rotatable bonds is 0. The first-order chi connectivity index (χ1) is 8.18. The highest BCUT2D eigenvalue weighted by molar-refractivity contribution is 5.59. The normalized spacial score (nSPS) is 23.7. The highest BCUT2D eigenvalue weighted by atomic mass is 14.3. The molecule has 0 atom stereocenters. The van der Waals surface area contributed by atoms with Crippen LogP contribution in [0.2, 0.25) is 0 Å². The van der Waals surface area contributed by atoms with E-state index >= 15 is 0 Å². The van der Waals surface area contributed by atoms with Gasteiger partial charge in [-0.3, -0.25) is 0 Å². The molecule has 2 aliphatic carbocycles. The molecule has 0 fully saturated rings. The Morgan fingerprint density at radius 3 is 1.11 bits per heavy atom. The lowest BCUT2D eigenvalue weighted by molar-refractivity contribution is 0.518. The van der Waals surface area contributed by atoms with E-state index in [1.165, 1.54) is 22.3 Å². The summed E-state index contributed by atoms with van der Waals surface area (Å²) in [5.74, 6) is 0. The predicted molar refractivity (Wildman–Crippen MR) is 80.4 cm³/mol. The molecule has 0 radical (unpaired) electrons. The van der Waals surface area contributed by atoms with Gasteiger partial charge >= 0.3 is 0 Å². The standard InChI is InChI=1S/C18H24/c1-17(2,3)15-9-7-13(11-15)14-8-10-16(12-14)18(4,5)6/h7-12H,1-6H3/b14-13+. The lowest BCUT2D eigenvalue weighted by atomic mass is 9.87. The molecule has 18 heavy (non-hydrogen) atoms. The smallest absolute Gasteiger partial charge is 0.0132 e. The molecule has 0 spiro atoms. The summed E-state index contributed by atoms with van der Waals surface area (Å²) in [7, 11) is 0. The molecular formula is C18H24. The van der Waals surface area contributed by atoms with Crippen LogP contribution in [0, 0.1) is 10.8 Å². The Labute approximate surface area is 111 Å². The summed E-state index contributed by atoms with van der Waals surface area (Å²) in [4.78, 5) is 0. The van der Waals surface area contributed by atoms with Crippen LogP contribution in [0.3, 0.4) is 0 Å². The monoisotopic (exact) mass is 240 g/mol. The van der Waals surface area contributed by atoms with Crippen molar-refractivity contribution in [1.29, 1.82) is 0 Å². The van der Waals surface area contributed by atoms with Crippen LogP contribution >= 0.6 is 0 Å². The molecule has 0 unspecified atom stereocenters. The Morgan fingerprint density at radius 1 is 0.556 bits per heavy atom. The van der Waals surface area contributed by atoms with Gasteiger partial charge in [-0.05, 0) is 33.1 Å². The van der Waals surface area contributed by atoms with E-state index in [-0.39, 0.29) is 10.8 Å². The quantitative estimate of drug-likeness (QED) is 0.534. The van der Waals surface area contributed by atoms with Crippen LogP contribution in [0.25, 0.3) is 0 Å². The first-order valence-corrected chi connectivity index (χ1v) is 6.73. The molecule has 96 valence electrons. The van der Waals surface area contributed by atoms with Gasteiger partial charge in [0.2, 0.25) is 0 Å². The van der Waals surface area contributed by atoms with Crippen molar-refractivity contribution >= 4 is 0 Å². The molecule has 0 amide bonds. The van der Waals surface area contributed by atoms with Gasteiger partial charge in [-0.15, -0.1) is 0 Å². The minimum atomic E-state index is 0.234. The second-order valence-electron chi connectivity index (χ2n) is 7.28. The van der Waals surface area contributed by atoms with Gasteiger partial charge in [-0.2, -0.15) is 0 Å². The largest absolute Gasteiger partial charge is 0.0579 e. The minimum Gasteiger partial charge on any atom is -0.0579 e. The van der Waals surface area contributed by atoms with E-state index in [0.29, 0.717) is 0 Å². The van der Waals surface area contributed by atoms with E-state index in [2.05, 4.69) is 78.0 Å². The first-order valence-electron chi connectivity index (χ1n) is 6.73. The van der Waals surface area contributed by atoms with Gasteiger partial charge in [0.25, 0.3) is 0 Å². The summed E-state index contributed by atoms with van der Waals surface area (Å²) >= 11 is 0. The van der Waals surface area contributed by atoms with Crippen molar-refractivity contribution < 1.29 is 0 Å². The van der Waals surface area contributed by atoms with E-state index in [9.17, 15) is 0 Å². The van der Waals surface area contributed by atoms with Gasteiger partial charge < -0.3 is 0 Å². The van der Waals surface area contributed by atoms with Crippen LogP contribution in [0.5, 0.6) is 0 Å². The summed E-state index contributed by atoms with van der Waals surface area (Å²) in [6.07, 6.45) is 13.6. The fourth-order valence-corrected chi connectivity index (χ4v) is 2.18. The third-order valence-corrected chi connectivity index (χ3v) is 3.57. The molecule has 0 N–H and O–H groups in total. The minimum absolute atomic E-state index is 0.234. The van der Waals surface area contributed by atoms with E-state index in [1.54, 1.807) is 0 Å². The van der Waals surface area contributed by atoms with Crippen molar-refractivity contribution in [3.8, 4) is 0 Å². The Morgan fingerprint density at radius 2 is 0.889 bits per heavy atom. The van der Waals surface area contributed by atoms with Gasteiger partial charge in [-0.25, -0.2) is 0 Å². The Hall–Kier alpha value is -1.30. The summed E-state index contributed by atoms with van der Waals surface area (Å²) in [6.45, 7) is 13.6. The Kier molecular flexibility index (Phi) is 3.01. The third-order valence-electron chi connectivity index (χ3n) is 3.57. The van der Waals surface area contributed by atoms with Crippen LogP contribution in [-0.2, 0) is 0 Å². The van der Waals surface area contributed by atoms with E-state index < -0.39 is 0 Å². The summed E-state index contributed by atoms with van der Waals surface area (Å²) < 4.78 is 0. The van der Waals surface area contributed by atoms with Crippen LogP contribution in [-0.4, -0.2) is 0 Å². The van der Waals surface area contributed by atoms with Gasteiger partial charge in [-0.1, -0.05) is 78.0 Å². The molecule has 0 aromatic rings. The van der Waals surface area contributed by atoms with Gasteiger partial charge in [0.15, 0.2) is 0 Å². The number of hydrogen-bond donors (Lipinski definition) is 0. The molecule has 0 saturated carbocycles. The maximum Gasteiger partial charge on any atom is -0.0132 e. The molecule has 0 aromatic heterocycles. The zero-order valence-electron chi connectivity index (χ0n) is 12.5. The predicted octanol–water partition coefficient (Wildman–Crippen LogP) is 5.37. The maximum atomic E-state index is 2.32. The van der Waals surface area contributed by atoms with Gasteiger partial charge in [0, 0.05) is 0 Å².